The predicted molar refractivity (Wildman–Crippen MR) is 87.6 cm³/mol. The highest BCUT2D eigenvalue weighted by Crippen LogP contribution is 2.31. The van der Waals surface area contributed by atoms with E-state index >= 15 is 0 Å². The van der Waals surface area contributed by atoms with Crippen LogP contribution in [0.5, 0.6) is 0 Å². The van der Waals surface area contributed by atoms with Crippen LogP contribution >= 0.6 is 0 Å². The van der Waals surface area contributed by atoms with Gasteiger partial charge in [0.25, 0.3) is 0 Å². The summed E-state index contributed by atoms with van der Waals surface area (Å²) in [7, 11) is 1.93. The van der Waals surface area contributed by atoms with Gasteiger partial charge < -0.3 is 10.2 Å². The van der Waals surface area contributed by atoms with Crippen LogP contribution in [0, 0.1) is 5.92 Å². The van der Waals surface area contributed by atoms with Gasteiger partial charge >= 0.3 is 0 Å². The van der Waals surface area contributed by atoms with Crippen molar-refractivity contribution in [3.63, 3.8) is 0 Å². The smallest absolute Gasteiger partial charge is 0.137 e. The molecule has 0 spiro atoms. The van der Waals surface area contributed by atoms with Gasteiger partial charge in [-0.3, -0.25) is 0 Å². The van der Waals surface area contributed by atoms with E-state index in [9.17, 15) is 0 Å². The summed E-state index contributed by atoms with van der Waals surface area (Å²) in [4.78, 5) is 11.3. The van der Waals surface area contributed by atoms with Crippen molar-refractivity contribution < 1.29 is 0 Å². The molecule has 4 nitrogen and oxygen atoms in total. The Kier molecular flexibility index (Phi) is 6.76. The van der Waals surface area contributed by atoms with Gasteiger partial charge in [0, 0.05) is 25.7 Å². The van der Waals surface area contributed by atoms with Gasteiger partial charge in [-0.15, -0.1) is 0 Å². The second kappa shape index (κ2) is 8.08. The summed E-state index contributed by atoms with van der Waals surface area (Å²) < 4.78 is 0. The minimum Gasteiger partial charge on any atom is -0.373 e. The van der Waals surface area contributed by atoms with Gasteiger partial charge in [0.1, 0.15) is 18.0 Å². The molecule has 0 amide bonds. The fourth-order valence-electron chi connectivity index (χ4n) is 2.59. The molecule has 0 saturated heterocycles. The minimum absolute atomic E-state index is 0.407. The van der Waals surface area contributed by atoms with Crippen molar-refractivity contribution in [2.24, 2.45) is 5.92 Å². The molecule has 0 unspecified atom stereocenters. The zero-order valence-electron chi connectivity index (χ0n) is 13.9. The Labute approximate surface area is 124 Å². The second-order valence-corrected chi connectivity index (χ2v) is 5.59. The predicted octanol–water partition coefficient (Wildman–Crippen LogP) is 3.90. The molecule has 0 bridgehead atoms. The fraction of sp³-hybridized carbons (Fsp3) is 0.750. The first-order chi connectivity index (χ1) is 9.58. The van der Waals surface area contributed by atoms with E-state index in [4.69, 9.17) is 0 Å². The summed E-state index contributed by atoms with van der Waals surface area (Å²) in [6.45, 7) is 13.2. The third-order valence-electron chi connectivity index (χ3n) is 3.99. The Morgan fingerprint density at radius 2 is 1.80 bits per heavy atom. The van der Waals surface area contributed by atoms with E-state index < -0.39 is 0 Å². The Balaban J connectivity index is 3.14. The number of nitrogens with one attached hydrogen (secondary N) is 1. The maximum absolute atomic E-state index is 4.58. The Bertz CT molecular complexity index is 399. The van der Waals surface area contributed by atoms with Gasteiger partial charge in [-0.2, -0.15) is 0 Å². The van der Waals surface area contributed by atoms with Crippen molar-refractivity contribution in [2.45, 2.75) is 53.4 Å². The molecule has 0 aliphatic carbocycles. The highest BCUT2D eigenvalue weighted by atomic mass is 15.2. The molecule has 0 aromatic carbocycles. The third-order valence-corrected chi connectivity index (χ3v) is 3.99. The molecule has 0 aliphatic heterocycles. The van der Waals surface area contributed by atoms with Crippen LogP contribution < -0.4 is 10.2 Å². The molecule has 20 heavy (non-hydrogen) atoms. The van der Waals surface area contributed by atoms with Crippen molar-refractivity contribution in [3.05, 3.63) is 11.9 Å². The maximum atomic E-state index is 4.58. The van der Waals surface area contributed by atoms with Gasteiger partial charge in [-0.25, -0.2) is 9.97 Å². The molecular weight excluding hydrogens is 248 g/mol. The first-order valence-corrected chi connectivity index (χ1v) is 7.86. The quantitative estimate of drug-likeness (QED) is 0.783. The van der Waals surface area contributed by atoms with E-state index in [0.717, 1.165) is 30.6 Å². The van der Waals surface area contributed by atoms with Gasteiger partial charge in [0.2, 0.25) is 0 Å². The molecule has 0 aliphatic rings. The normalized spacial score (nSPS) is 11.2. The molecule has 0 saturated carbocycles. The van der Waals surface area contributed by atoms with Crippen LogP contribution in [0.1, 0.15) is 58.9 Å². The highest BCUT2D eigenvalue weighted by Gasteiger charge is 2.20. The molecule has 0 fully saturated rings. The molecular formula is C16H30N4. The van der Waals surface area contributed by atoms with Crippen LogP contribution in [0.3, 0.4) is 0 Å². The lowest BCUT2D eigenvalue weighted by Gasteiger charge is -2.29. The van der Waals surface area contributed by atoms with E-state index in [1.54, 1.807) is 6.33 Å². The maximum Gasteiger partial charge on any atom is 0.137 e. The summed E-state index contributed by atoms with van der Waals surface area (Å²) in [5.74, 6) is 3.18. The molecule has 1 aromatic rings. The number of aromatic nitrogens is 2. The van der Waals surface area contributed by atoms with E-state index in [-0.39, 0.29) is 0 Å². The van der Waals surface area contributed by atoms with E-state index in [2.05, 4.69) is 54.8 Å². The lowest BCUT2D eigenvalue weighted by Crippen LogP contribution is -2.31. The standard InChI is InChI=1S/C16H30N4/c1-7-13(8-2)10-20(9-3)16-14(12(4)5)15(17-6)18-11-19-16/h11-13H,7-10H2,1-6H3,(H,17,18,19). The van der Waals surface area contributed by atoms with Gasteiger partial charge in [0.05, 0.1) is 0 Å². The van der Waals surface area contributed by atoms with Gasteiger partial charge in [-0.1, -0.05) is 40.5 Å². The minimum atomic E-state index is 0.407. The topological polar surface area (TPSA) is 41.1 Å². The molecule has 1 heterocycles. The third kappa shape index (κ3) is 3.84. The van der Waals surface area contributed by atoms with Crippen LogP contribution in [0.25, 0.3) is 0 Å². The average Bonchev–Trinajstić information content (AvgIpc) is 2.47. The first-order valence-electron chi connectivity index (χ1n) is 7.86. The number of anilines is 2. The lowest BCUT2D eigenvalue weighted by atomic mass is 10.0. The summed E-state index contributed by atoms with van der Waals surface area (Å²) in [5.41, 5.74) is 1.22. The molecule has 1 rings (SSSR count). The monoisotopic (exact) mass is 278 g/mol. The molecule has 1 N–H and O–H groups in total. The van der Waals surface area contributed by atoms with Crippen LogP contribution in [0.2, 0.25) is 0 Å². The molecule has 1 aromatic heterocycles. The number of hydrogen-bond acceptors (Lipinski definition) is 4. The Morgan fingerprint density at radius 3 is 2.25 bits per heavy atom. The van der Waals surface area contributed by atoms with Crippen LogP contribution in [-0.2, 0) is 0 Å². The van der Waals surface area contributed by atoms with Crippen LogP contribution in [0.15, 0.2) is 6.33 Å². The summed E-state index contributed by atoms with van der Waals surface area (Å²) in [6.07, 6.45) is 4.10. The first kappa shape index (κ1) is 16.7. The van der Waals surface area contributed by atoms with Crippen molar-refractivity contribution in [1.29, 1.82) is 0 Å². The van der Waals surface area contributed by atoms with Crippen molar-refractivity contribution >= 4 is 11.6 Å². The van der Waals surface area contributed by atoms with E-state index in [0.29, 0.717) is 5.92 Å². The van der Waals surface area contributed by atoms with Crippen LogP contribution in [0.4, 0.5) is 11.6 Å². The van der Waals surface area contributed by atoms with Crippen molar-refractivity contribution in [2.75, 3.05) is 30.4 Å². The highest BCUT2D eigenvalue weighted by molar-refractivity contribution is 5.60. The van der Waals surface area contributed by atoms with E-state index in [1.807, 2.05) is 7.05 Å². The molecule has 0 radical (unpaired) electrons. The number of rotatable bonds is 8. The molecule has 0 atom stereocenters. The second-order valence-electron chi connectivity index (χ2n) is 5.59. The van der Waals surface area contributed by atoms with Crippen LogP contribution in [-0.4, -0.2) is 30.1 Å². The summed E-state index contributed by atoms with van der Waals surface area (Å²) in [5, 5.41) is 3.20. The number of nitrogens with zero attached hydrogens (tertiary/aromatic N) is 3. The summed E-state index contributed by atoms with van der Waals surface area (Å²) in [6, 6.07) is 0. The SMILES string of the molecule is CCC(CC)CN(CC)c1ncnc(NC)c1C(C)C. The van der Waals surface area contributed by atoms with Crippen molar-refractivity contribution in [1.82, 2.24) is 9.97 Å². The average molecular weight is 278 g/mol. The van der Waals surface area contributed by atoms with Gasteiger partial charge in [-0.05, 0) is 18.8 Å². The zero-order valence-corrected chi connectivity index (χ0v) is 13.9. The Morgan fingerprint density at radius 1 is 1.15 bits per heavy atom. The molecule has 114 valence electrons. The largest absolute Gasteiger partial charge is 0.373 e. The fourth-order valence-corrected chi connectivity index (χ4v) is 2.59. The Hall–Kier alpha value is -1.32. The van der Waals surface area contributed by atoms with Gasteiger partial charge in [0.15, 0.2) is 0 Å². The van der Waals surface area contributed by atoms with Crippen molar-refractivity contribution in [3.8, 4) is 0 Å². The van der Waals surface area contributed by atoms with E-state index in [1.165, 1.54) is 18.4 Å². The molecule has 4 heteroatoms. The lowest BCUT2D eigenvalue weighted by molar-refractivity contribution is 0.483. The number of hydrogen-bond donors (Lipinski definition) is 1. The zero-order chi connectivity index (χ0) is 15.1. The summed E-state index contributed by atoms with van der Waals surface area (Å²) >= 11 is 0.